The molecular formula is C27H28BrCl2N3O3. The number of piperazine rings is 1. The van der Waals surface area contributed by atoms with Gasteiger partial charge in [0.25, 0.3) is 0 Å². The van der Waals surface area contributed by atoms with E-state index in [0.717, 1.165) is 49.7 Å². The smallest absolute Gasteiger partial charge is 0.206 e. The summed E-state index contributed by atoms with van der Waals surface area (Å²) >= 11 is 16.0. The van der Waals surface area contributed by atoms with Gasteiger partial charge in [0.05, 0.1) is 22.7 Å². The molecule has 36 heavy (non-hydrogen) atoms. The van der Waals surface area contributed by atoms with E-state index < -0.39 is 5.79 Å². The lowest BCUT2D eigenvalue weighted by molar-refractivity contribution is -0.159. The number of alkyl halides is 1. The largest absolute Gasteiger partial charge is 0.491 e. The van der Waals surface area contributed by atoms with Gasteiger partial charge in [0.1, 0.15) is 18.5 Å². The normalized spacial score (nSPS) is 22.6. The third kappa shape index (κ3) is 5.98. The minimum absolute atomic E-state index is 0.221. The molecule has 2 atom stereocenters. The molecule has 3 aromatic rings. The van der Waals surface area contributed by atoms with E-state index in [-0.39, 0.29) is 6.10 Å². The van der Waals surface area contributed by atoms with Crippen molar-refractivity contribution in [3.63, 3.8) is 0 Å². The molecule has 0 saturated carbocycles. The summed E-state index contributed by atoms with van der Waals surface area (Å²) in [6.07, 6.45) is 1.63. The van der Waals surface area contributed by atoms with Crippen LogP contribution < -0.4 is 9.64 Å². The van der Waals surface area contributed by atoms with Crippen molar-refractivity contribution in [3.05, 3.63) is 88.2 Å². The van der Waals surface area contributed by atoms with E-state index in [1.807, 2.05) is 36.5 Å². The van der Waals surface area contributed by atoms with Gasteiger partial charge in [0, 0.05) is 55.2 Å². The first-order valence-corrected chi connectivity index (χ1v) is 13.9. The topological polar surface area (TPSA) is 47.1 Å². The number of halogens is 3. The summed E-state index contributed by atoms with van der Waals surface area (Å²) < 4.78 is 18.3. The second-order valence-electron chi connectivity index (χ2n) is 8.95. The highest BCUT2D eigenvalue weighted by Gasteiger charge is 2.44. The van der Waals surface area contributed by atoms with E-state index in [1.165, 1.54) is 5.69 Å². The van der Waals surface area contributed by atoms with Crippen molar-refractivity contribution in [2.75, 3.05) is 49.6 Å². The molecule has 0 amide bonds. The van der Waals surface area contributed by atoms with Crippen molar-refractivity contribution in [2.24, 2.45) is 0 Å². The van der Waals surface area contributed by atoms with E-state index in [4.69, 9.17) is 37.4 Å². The molecule has 2 aliphatic heterocycles. The monoisotopic (exact) mass is 591 g/mol. The number of benzene rings is 2. The summed E-state index contributed by atoms with van der Waals surface area (Å²) in [5, 5.41) is 1.53. The van der Waals surface area contributed by atoms with Crippen LogP contribution in [0.5, 0.6) is 5.75 Å². The van der Waals surface area contributed by atoms with Gasteiger partial charge in [-0.3, -0.25) is 9.88 Å². The Bertz CT molecular complexity index is 1150. The first-order chi connectivity index (χ1) is 17.5. The highest BCUT2D eigenvalue weighted by Crippen LogP contribution is 2.40. The molecule has 0 aliphatic carbocycles. The summed E-state index contributed by atoms with van der Waals surface area (Å²) in [7, 11) is 0. The molecule has 3 heterocycles. The SMILES string of the molecule is Clc1ccc(C2(CBr)OCC(COc3ccc(N4CCN(Cc5ccccn5)CC4)cc3)O2)c(Cl)c1. The number of pyridine rings is 1. The lowest BCUT2D eigenvalue weighted by atomic mass is 10.1. The van der Waals surface area contributed by atoms with Crippen LogP contribution in [0.25, 0.3) is 0 Å². The van der Waals surface area contributed by atoms with Crippen LogP contribution in [0.1, 0.15) is 11.3 Å². The Morgan fingerprint density at radius 2 is 1.83 bits per heavy atom. The fourth-order valence-electron chi connectivity index (χ4n) is 4.56. The van der Waals surface area contributed by atoms with Crippen molar-refractivity contribution in [2.45, 2.75) is 18.4 Å². The van der Waals surface area contributed by atoms with Crippen molar-refractivity contribution >= 4 is 44.8 Å². The van der Waals surface area contributed by atoms with Crippen molar-refractivity contribution in [1.82, 2.24) is 9.88 Å². The maximum absolute atomic E-state index is 6.42. The number of rotatable bonds is 8. The minimum atomic E-state index is -0.960. The van der Waals surface area contributed by atoms with Crippen LogP contribution in [0.3, 0.4) is 0 Å². The average molecular weight is 593 g/mol. The lowest BCUT2D eigenvalue weighted by Gasteiger charge is -2.36. The zero-order chi connectivity index (χ0) is 25.0. The standard InChI is InChI=1S/C27H28BrCl2N3O3/c28-19-27(25-9-4-20(29)15-26(25)30)35-18-24(36-27)17-34-23-7-5-22(6-8-23)33-13-11-32(12-14-33)16-21-3-1-2-10-31-21/h1-10,15,24H,11-14,16-19H2. The van der Waals surface area contributed by atoms with Gasteiger partial charge >= 0.3 is 0 Å². The van der Waals surface area contributed by atoms with Gasteiger partial charge in [-0.1, -0.05) is 51.3 Å². The minimum Gasteiger partial charge on any atom is -0.491 e. The Morgan fingerprint density at radius 3 is 2.53 bits per heavy atom. The van der Waals surface area contributed by atoms with Crippen molar-refractivity contribution in [1.29, 1.82) is 0 Å². The maximum Gasteiger partial charge on any atom is 0.206 e. The lowest BCUT2D eigenvalue weighted by Crippen LogP contribution is -2.46. The fraction of sp³-hybridized carbons (Fsp3) is 0.370. The maximum atomic E-state index is 6.42. The molecule has 1 aromatic heterocycles. The van der Waals surface area contributed by atoms with Gasteiger partial charge in [-0.15, -0.1) is 0 Å². The molecule has 190 valence electrons. The predicted molar refractivity (Wildman–Crippen MR) is 146 cm³/mol. The van der Waals surface area contributed by atoms with Crippen LogP contribution in [-0.4, -0.2) is 60.7 Å². The number of aromatic nitrogens is 1. The molecule has 2 fully saturated rings. The Kier molecular flexibility index (Phi) is 8.35. The van der Waals surface area contributed by atoms with Crippen LogP contribution in [0, 0.1) is 0 Å². The molecule has 9 heteroatoms. The number of ether oxygens (including phenoxy) is 3. The van der Waals surface area contributed by atoms with Crippen LogP contribution in [-0.2, 0) is 21.8 Å². The zero-order valence-electron chi connectivity index (χ0n) is 19.8. The van der Waals surface area contributed by atoms with Gasteiger partial charge in [-0.2, -0.15) is 0 Å². The molecule has 0 radical (unpaired) electrons. The van der Waals surface area contributed by atoms with Crippen LogP contribution in [0.15, 0.2) is 66.9 Å². The van der Waals surface area contributed by atoms with E-state index in [0.29, 0.717) is 28.6 Å². The van der Waals surface area contributed by atoms with Gasteiger partial charge in [-0.05, 0) is 48.5 Å². The summed E-state index contributed by atoms with van der Waals surface area (Å²) in [4.78, 5) is 9.30. The summed E-state index contributed by atoms with van der Waals surface area (Å²) in [6, 6.07) is 19.7. The number of hydrogen-bond acceptors (Lipinski definition) is 6. The molecular weight excluding hydrogens is 565 g/mol. The fourth-order valence-corrected chi connectivity index (χ4v) is 5.70. The van der Waals surface area contributed by atoms with Crippen molar-refractivity contribution in [3.8, 4) is 5.75 Å². The first-order valence-electron chi connectivity index (χ1n) is 12.0. The molecule has 5 rings (SSSR count). The number of anilines is 1. The molecule has 0 N–H and O–H groups in total. The molecule has 0 bridgehead atoms. The Morgan fingerprint density at radius 1 is 1.03 bits per heavy atom. The third-order valence-corrected chi connectivity index (χ3v) is 7.78. The van der Waals surface area contributed by atoms with Gasteiger partial charge in [0.2, 0.25) is 5.79 Å². The number of hydrogen-bond donors (Lipinski definition) is 0. The van der Waals surface area contributed by atoms with E-state index in [2.05, 4.69) is 48.9 Å². The highest BCUT2D eigenvalue weighted by atomic mass is 79.9. The molecule has 2 aromatic carbocycles. The van der Waals surface area contributed by atoms with E-state index in [1.54, 1.807) is 12.1 Å². The third-order valence-electron chi connectivity index (χ3n) is 6.50. The molecule has 2 unspecified atom stereocenters. The molecule has 0 spiro atoms. The van der Waals surface area contributed by atoms with Gasteiger partial charge in [0.15, 0.2) is 0 Å². The average Bonchev–Trinajstić information content (AvgIpc) is 3.33. The molecule has 2 aliphatic rings. The Hall–Kier alpha value is -1.87. The van der Waals surface area contributed by atoms with Gasteiger partial charge < -0.3 is 19.1 Å². The molecule has 6 nitrogen and oxygen atoms in total. The predicted octanol–water partition coefficient (Wildman–Crippen LogP) is 5.75. The summed E-state index contributed by atoms with van der Waals surface area (Å²) in [6.45, 7) is 5.69. The second-order valence-corrected chi connectivity index (χ2v) is 10.4. The van der Waals surface area contributed by atoms with Crippen LogP contribution in [0.4, 0.5) is 5.69 Å². The Balaban J connectivity index is 1.11. The van der Waals surface area contributed by atoms with Gasteiger partial charge in [-0.25, -0.2) is 0 Å². The molecule has 2 saturated heterocycles. The van der Waals surface area contributed by atoms with Crippen LogP contribution in [0.2, 0.25) is 10.0 Å². The second kappa shape index (κ2) is 11.7. The quantitative estimate of drug-likeness (QED) is 0.310. The highest BCUT2D eigenvalue weighted by molar-refractivity contribution is 9.09. The summed E-state index contributed by atoms with van der Waals surface area (Å²) in [5.74, 6) is -0.157. The van der Waals surface area contributed by atoms with Crippen LogP contribution >= 0.6 is 39.1 Å². The first kappa shape index (κ1) is 25.8. The Labute approximate surface area is 230 Å². The zero-order valence-corrected chi connectivity index (χ0v) is 22.9. The van der Waals surface area contributed by atoms with Crippen molar-refractivity contribution < 1.29 is 14.2 Å². The number of nitrogens with zero attached hydrogens (tertiary/aromatic N) is 3. The van der Waals surface area contributed by atoms with E-state index in [9.17, 15) is 0 Å². The van der Waals surface area contributed by atoms with E-state index >= 15 is 0 Å². The summed E-state index contributed by atoms with van der Waals surface area (Å²) in [5.41, 5.74) is 3.07.